The van der Waals surface area contributed by atoms with E-state index in [0.717, 1.165) is 6.42 Å². The zero-order chi connectivity index (χ0) is 21.3. The van der Waals surface area contributed by atoms with Crippen molar-refractivity contribution in [3.8, 4) is 0 Å². The molecule has 2 heteroatoms. The molecule has 0 atom stereocenters. The van der Waals surface area contributed by atoms with Crippen LogP contribution in [0.2, 0.25) is 0 Å². The van der Waals surface area contributed by atoms with Gasteiger partial charge >= 0.3 is 0 Å². The van der Waals surface area contributed by atoms with Gasteiger partial charge in [0.2, 0.25) is 0 Å². The molecule has 1 aliphatic rings. The number of hydrogen-bond acceptors (Lipinski definition) is 2. The lowest BCUT2D eigenvalue weighted by atomic mass is 9.85. The van der Waals surface area contributed by atoms with Gasteiger partial charge < -0.3 is 0 Å². The lowest BCUT2D eigenvalue weighted by Crippen LogP contribution is -2.11. The van der Waals surface area contributed by atoms with Gasteiger partial charge in [0.1, 0.15) is 0 Å². The molecule has 1 aromatic carbocycles. The summed E-state index contributed by atoms with van der Waals surface area (Å²) in [7, 11) is 0. The fourth-order valence-electron chi connectivity index (χ4n) is 3.11. The second kappa shape index (κ2) is 8.53. The van der Waals surface area contributed by atoms with E-state index in [4.69, 9.17) is 0 Å². The van der Waals surface area contributed by atoms with Crippen LogP contribution in [0.1, 0.15) is 108 Å². The molecule has 0 N–H and O–H groups in total. The molecule has 3 rings (SSSR count). The fraction of sp³-hybridized carbons (Fsp3) is 0.577. The van der Waals surface area contributed by atoms with Crippen LogP contribution in [0.25, 0.3) is 6.08 Å². The van der Waals surface area contributed by atoms with E-state index < -0.39 is 0 Å². The molecule has 0 radical (unpaired) electrons. The van der Waals surface area contributed by atoms with Gasteiger partial charge in [0, 0.05) is 11.3 Å². The SMILES string of the molecule is CC(C)(C)C1=Cc2cc(C(C)(C)C)ccc2C1.CC(C)c1csc(C(C)C)n1. The summed E-state index contributed by atoms with van der Waals surface area (Å²) in [5, 5.41) is 3.42. The van der Waals surface area contributed by atoms with Gasteiger partial charge in [0.15, 0.2) is 0 Å². The smallest absolute Gasteiger partial charge is 0.0953 e. The van der Waals surface area contributed by atoms with Crippen molar-refractivity contribution in [1.29, 1.82) is 0 Å². The Bertz CT molecular complexity index is 800. The molecule has 1 heterocycles. The van der Waals surface area contributed by atoms with E-state index in [1.165, 1.54) is 27.4 Å². The first-order chi connectivity index (χ1) is 12.8. The Balaban J connectivity index is 0.000000221. The maximum absolute atomic E-state index is 4.53. The average molecular weight is 398 g/mol. The highest BCUT2D eigenvalue weighted by Crippen LogP contribution is 2.37. The summed E-state index contributed by atoms with van der Waals surface area (Å²) < 4.78 is 0. The minimum Gasteiger partial charge on any atom is -0.246 e. The van der Waals surface area contributed by atoms with E-state index in [9.17, 15) is 0 Å². The van der Waals surface area contributed by atoms with Crippen molar-refractivity contribution < 1.29 is 0 Å². The lowest BCUT2D eigenvalue weighted by Gasteiger charge is -2.20. The number of nitrogens with zero attached hydrogens (tertiary/aromatic N) is 1. The van der Waals surface area contributed by atoms with Crippen molar-refractivity contribution in [3.05, 3.63) is 56.5 Å². The Hall–Kier alpha value is -1.41. The molecule has 1 aliphatic carbocycles. The number of allylic oxidation sites excluding steroid dienone is 1. The minimum absolute atomic E-state index is 0.243. The van der Waals surface area contributed by atoms with Crippen LogP contribution in [0, 0.1) is 5.41 Å². The Labute approximate surface area is 177 Å². The van der Waals surface area contributed by atoms with Gasteiger partial charge in [-0.2, -0.15) is 0 Å². The number of aromatic nitrogens is 1. The van der Waals surface area contributed by atoms with E-state index >= 15 is 0 Å². The van der Waals surface area contributed by atoms with Crippen molar-refractivity contribution in [2.75, 3.05) is 0 Å². The first-order valence-corrected chi connectivity index (χ1v) is 11.5. The standard InChI is InChI=1S/C17H24.C9H15NS/c1-16(2,3)14-8-7-12-9-15(17(4,5)6)11-13(12)10-14;1-6(2)8-5-11-9(10-8)7(3)4/h7-8,10-11H,9H2,1-6H3;5-7H,1-4H3. The second-order valence-electron chi connectivity index (χ2n) is 10.7. The van der Waals surface area contributed by atoms with Crippen LogP contribution in [0.5, 0.6) is 0 Å². The highest BCUT2D eigenvalue weighted by Gasteiger charge is 2.24. The van der Waals surface area contributed by atoms with Crippen molar-refractivity contribution >= 4 is 17.4 Å². The maximum atomic E-state index is 4.53. The van der Waals surface area contributed by atoms with Crippen molar-refractivity contribution in [2.45, 2.75) is 92.9 Å². The summed E-state index contributed by atoms with van der Waals surface area (Å²) in [5.41, 5.74) is 7.68. The van der Waals surface area contributed by atoms with Crippen molar-refractivity contribution in [2.24, 2.45) is 5.41 Å². The lowest BCUT2D eigenvalue weighted by molar-refractivity contribution is 0.498. The first kappa shape index (κ1) is 22.9. The topological polar surface area (TPSA) is 12.9 Å². The molecular weight excluding hydrogens is 358 g/mol. The van der Waals surface area contributed by atoms with Gasteiger partial charge in [-0.05, 0) is 39.9 Å². The predicted octanol–water partition coefficient (Wildman–Crippen LogP) is 8.36. The van der Waals surface area contributed by atoms with Crippen LogP contribution in [0.15, 0.2) is 29.2 Å². The summed E-state index contributed by atoms with van der Waals surface area (Å²) in [4.78, 5) is 4.53. The number of fused-ring (bicyclic) bond motifs is 1. The number of thiazole rings is 1. The number of rotatable bonds is 2. The zero-order valence-electron chi connectivity index (χ0n) is 19.6. The molecule has 154 valence electrons. The summed E-state index contributed by atoms with van der Waals surface area (Å²) in [6, 6.07) is 6.97. The Morgan fingerprint density at radius 1 is 0.893 bits per heavy atom. The van der Waals surface area contributed by atoms with Crippen LogP contribution in [-0.4, -0.2) is 4.98 Å². The summed E-state index contributed by atoms with van der Waals surface area (Å²) in [6.45, 7) is 22.5. The highest BCUT2D eigenvalue weighted by atomic mass is 32.1. The number of hydrogen-bond donors (Lipinski definition) is 0. The first-order valence-electron chi connectivity index (χ1n) is 10.6. The van der Waals surface area contributed by atoms with Gasteiger partial charge in [-0.25, -0.2) is 4.98 Å². The summed E-state index contributed by atoms with van der Waals surface area (Å²) >= 11 is 1.77. The molecule has 0 spiro atoms. The molecule has 1 aromatic heterocycles. The van der Waals surface area contributed by atoms with Crippen LogP contribution in [0.3, 0.4) is 0 Å². The molecular formula is C26H39NS. The fourth-order valence-corrected chi connectivity index (χ4v) is 4.11. The molecule has 0 aliphatic heterocycles. The quantitative estimate of drug-likeness (QED) is 0.496. The Kier molecular flexibility index (Phi) is 6.97. The Morgan fingerprint density at radius 3 is 1.96 bits per heavy atom. The van der Waals surface area contributed by atoms with Crippen molar-refractivity contribution in [3.63, 3.8) is 0 Å². The molecule has 0 bridgehead atoms. The molecule has 0 unspecified atom stereocenters. The van der Waals surface area contributed by atoms with E-state index in [1.54, 1.807) is 16.9 Å². The third kappa shape index (κ3) is 5.80. The molecule has 28 heavy (non-hydrogen) atoms. The molecule has 1 nitrogen and oxygen atoms in total. The molecule has 0 fully saturated rings. The normalized spacial score (nSPS) is 14.1. The maximum Gasteiger partial charge on any atom is 0.0953 e. The van der Waals surface area contributed by atoms with Crippen LogP contribution < -0.4 is 0 Å². The van der Waals surface area contributed by atoms with E-state index in [2.05, 4.69) is 104 Å². The average Bonchev–Trinajstić information content (AvgIpc) is 3.20. The third-order valence-electron chi connectivity index (χ3n) is 5.31. The predicted molar refractivity (Wildman–Crippen MR) is 127 cm³/mol. The van der Waals surface area contributed by atoms with Gasteiger partial charge in [0.25, 0.3) is 0 Å². The summed E-state index contributed by atoms with van der Waals surface area (Å²) in [6.07, 6.45) is 3.52. The van der Waals surface area contributed by atoms with Crippen LogP contribution >= 0.6 is 11.3 Å². The van der Waals surface area contributed by atoms with Crippen LogP contribution in [-0.2, 0) is 11.8 Å². The van der Waals surface area contributed by atoms with E-state index in [1.807, 2.05) is 0 Å². The zero-order valence-corrected chi connectivity index (χ0v) is 20.4. The van der Waals surface area contributed by atoms with E-state index in [-0.39, 0.29) is 5.41 Å². The third-order valence-corrected chi connectivity index (χ3v) is 6.47. The molecule has 0 saturated heterocycles. The van der Waals surface area contributed by atoms with Crippen LogP contribution in [0.4, 0.5) is 0 Å². The largest absolute Gasteiger partial charge is 0.246 e. The highest BCUT2D eigenvalue weighted by molar-refractivity contribution is 7.09. The van der Waals surface area contributed by atoms with Gasteiger partial charge in [-0.1, -0.05) is 99.1 Å². The molecule has 2 aromatic rings. The Morgan fingerprint density at radius 2 is 1.54 bits per heavy atom. The van der Waals surface area contributed by atoms with Gasteiger partial charge in [-0.15, -0.1) is 11.3 Å². The minimum atomic E-state index is 0.243. The molecule has 0 amide bonds. The molecule has 0 saturated carbocycles. The second-order valence-corrected chi connectivity index (χ2v) is 11.6. The van der Waals surface area contributed by atoms with Crippen molar-refractivity contribution in [1.82, 2.24) is 4.98 Å². The van der Waals surface area contributed by atoms with Gasteiger partial charge in [-0.3, -0.25) is 0 Å². The van der Waals surface area contributed by atoms with Gasteiger partial charge in [0.05, 0.1) is 10.7 Å². The monoisotopic (exact) mass is 397 g/mol. The number of benzene rings is 1. The summed E-state index contributed by atoms with van der Waals surface area (Å²) in [5.74, 6) is 1.14. The van der Waals surface area contributed by atoms with E-state index in [0.29, 0.717) is 17.3 Å².